The third-order valence-corrected chi connectivity index (χ3v) is 3.30. The summed E-state index contributed by atoms with van der Waals surface area (Å²) in [5.74, 6) is 0.374. The predicted octanol–water partition coefficient (Wildman–Crippen LogP) is 3.42. The lowest BCUT2D eigenvalue weighted by Gasteiger charge is -2.07. The maximum Gasteiger partial charge on any atom is 0.145 e. The number of nitrogens with zero attached hydrogens (tertiary/aromatic N) is 1. The Morgan fingerprint density at radius 2 is 2.31 bits per heavy atom. The summed E-state index contributed by atoms with van der Waals surface area (Å²) in [4.78, 5) is 4.13. The van der Waals surface area contributed by atoms with Gasteiger partial charge in [0.05, 0.1) is 11.9 Å². The fourth-order valence-electron chi connectivity index (χ4n) is 1.49. The standard InChI is InChI=1S/C10H11BrFN/c1-2-7-8(12)5-13-10(9(7)11)6-3-4-6/h5-6H,2-4H2,1H3. The van der Waals surface area contributed by atoms with Crippen LogP contribution in [0.25, 0.3) is 0 Å². The summed E-state index contributed by atoms with van der Waals surface area (Å²) in [6.45, 7) is 1.96. The zero-order valence-corrected chi connectivity index (χ0v) is 9.07. The van der Waals surface area contributed by atoms with Crippen LogP contribution in [0, 0.1) is 5.82 Å². The fraction of sp³-hybridized carbons (Fsp3) is 0.500. The molecule has 1 saturated carbocycles. The Balaban J connectivity index is 2.47. The summed E-state index contributed by atoms with van der Waals surface area (Å²) in [5.41, 5.74) is 1.80. The van der Waals surface area contributed by atoms with Crippen molar-refractivity contribution in [1.82, 2.24) is 4.98 Å². The van der Waals surface area contributed by atoms with E-state index in [4.69, 9.17) is 0 Å². The van der Waals surface area contributed by atoms with Gasteiger partial charge in [-0.25, -0.2) is 4.39 Å². The van der Waals surface area contributed by atoms with Gasteiger partial charge in [-0.05, 0) is 35.2 Å². The fourth-order valence-corrected chi connectivity index (χ4v) is 2.38. The lowest BCUT2D eigenvalue weighted by Crippen LogP contribution is -1.97. The Labute approximate surface area is 85.5 Å². The molecule has 3 heteroatoms. The van der Waals surface area contributed by atoms with Gasteiger partial charge in [-0.3, -0.25) is 4.98 Å². The number of pyridine rings is 1. The van der Waals surface area contributed by atoms with E-state index in [0.717, 1.165) is 15.7 Å². The van der Waals surface area contributed by atoms with E-state index < -0.39 is 0 Å². The van der Waals surface area contributed by atoms with Crippen LogP contribution in [0.4, 0.5) is 4.39 Å². The summed E-state index contributed by atoms with van der Waals surface area (Å²) in [5, 5.41) is 0. The van der Waals surface area contributed by atoms with Gasteiger partial charge in [-0.1, -0.05) is 6.92 Å². The quantitative estimate of drug-likeness (QED) is 0.776. The molecule has 13 heavy (non-hydrogen) atoms. The molecule has 1 aromatic heterocycles. The van der Waals surface area contributed by atoms with Crippen LogP contribution in [-0.2, 0) is 6.42 Å². The summed E-state index contributed by atoms with van der Waals surface area (Å²) >= 11 is 3.43. The maximum absolute atomic E-state index is 13.2. The van der Waals surface area contributed by atoms with Gasteiger partial charge in [0.1, 0.15) is 5.82 Å². The van der Waals surface area contributed by atoms with Crippen LogP contribution in [0.2, 0.25) is 0 Å². The van der Waals surface area contributed by atoms with Crippen molar-refractivity contribution in [2.24, 2.45) is 0 Å². The molecule has 0 spiro atoms. The molecule has 0 N–H and O–H groups in total. The summed E-state index contributed by atoms with van der Waals surface area (Å²) in [7, 11) is 0. The molecule has 1 aliphatic carbocycles. The monoisotopic (exact) mass is 243 g/mol. The van der Waals surface area contributed by atoms with Gasteiger partial charge >= 0.3 is 0 Å². The number of aromatic nitrogens is 1. The molecule has 1 aliphatic rings. The lowest BCUT2D eigenvalue weighted by molar-refractivity contribution is 0.601. The molecule has 0 amide bonds. The Kier molecular flexibility index (Phi) is 2.37. The van der Waals surface area contributed by atoms with Gasteiger partial charge in [0.15, 0.2) is 0 Å². The molecule has 0 aromatic carbocycles. The van der Waals surface area contributed by atoms with Crippen LogP contribution in [0.5, 0.6) is 0 Å². The molecule has 0 unspecified atom stereocenters. The second kappa shape index (κ2) is 3.37. The van der Waals surface area contributed by atoms with Crippen LogP contribution < -0.4 is 0 Å². The molecule has 0 saturated heterocycles. The highest BCUT2D eigenvalue weighted by atomic mass is 79.9. The third-order valence-electron chi connectivity index (χ3n) is 2.41. The SMILES string of the molecule is CCc1c(F)cnc(C2CC2)c1Br. The minimum Gasteiger partial charge on any atom is -0.257 e. The molecule has 2 rings (SSSR count). The van der Waals surface area contributed by atoms with Crippen molar-refractivity contribution in [2.45, 2.75) is 32.1 Å². The largest absolute Gasteiger partial charge is 0.257 e. The van der Waals surface area contributed by atoms with Gasteiger partial charge in [0.25, 0.3) is 0 Å². The zero-order valence-electron chi connectivity index (χ0n) is 7.48. The van der Waals surface area contributed by atoms with E-state index >= 15 is 0 Å². The normalized spacial score (nSPS) is 16.2. The van der Waals surface area contributed by atoms with Crippen molar-refractivity contribution in [1.29, 1.82) is 0 Å². The van der Waals surface area contributed by atoms with Crippen LogP contribution in [0.15, 0.2) is 10.7 Å². The number of rotatable bonds is 2. The molecule has 0 bridgehead atoms. The van der Waals surface area contributed by atoms with Crippen LogP contribution in [-0.4, -0.2) is 4.98 Å². The van der Waals surface area contributed by atoms with E-state index in [0.29, 0.717) is 12.3 Å². The molecule has 0 radical (unpaired) electrons. The second-order valence-electron chi connectivity index (χ2n) is 3.41. The van der Waals surface area contributed by atoms with Crippen molar-refractivity contribution >= 4 is 15.9 Å². The maximum atomic E-state index is 13.2. The van der Waals surface area contributed by atoms with E-state index in [1.165, 1.54) is 19.0 Å². The number of halogens is 2. The van der Waals surface area contributed by atoms with Gasteiger partial charge in [-0.15, -0.1) is 0 Å². The molecular weight excluding hydrogens is 233 g/mol. The first-order valence-corrected chi connectivity index (χ1v) is 5.36. The average Bonchev–Trinajstić information content (AvgIpc) is 2.88. The van der Waals surface area contributed by atoms with Gasteiger partial charge in [-0.2, -0.15) is 0 Å². The molecule has 1 heterocycles. The molecule has 1 fully saturated rings. The van der Waals surface area contributed by atoms with Crippen molar-refractivity contribution in [3.63, 3.8) is 0 Å². The molecule has 0 atom stereocenters. The predicted molar refractivity (Wildman–Crippen MR) is 53.2 cm³/mol. The summed E-state index contributed by atoms with van der Waals surface area (Å²) in [6, 6.07) is 0. The highest BCUT2D eigenvalue weighted by Gasteiger charge is 2.28. The van der Waals surface area contributed by atoms with E-state index in [9.17, 15) is 4.39 Å². The van der Waals surface area contributed by atoms with E-state index in [1.807, 2.05) is 6.92 Å². The Hall–Kier alpha value is -0.440. The lowest BCUT2D eigenvalue weighted by atomic mass is 10.1. The van der Waals surface area contributed by atoms with Crippen LogP contribution >= 0.6 is 15.9 Å². The zero-order chi connectivity index (χ0) is 9.42. The Morgan fingerprint density at radius 3 is 2.85 bits per heavy atom. The van der Waals surface area contributed by atoms with E-state index in [1.54, 1.807) is 0 Å². The Morgan fingerprint density at radius 1 is 1.62 bits per heavy atom. The van der Waals surface area contributed by atoms with Gasteiger partial charge in [0.2, 0.25) is 0 Å². The van der Waals surface area contributed by atoms with Gasteiger partial charge < -0.3 is 0 Å². The number of hydrogen-bond acceptors (Lipinski definition) is 1. The summed E-state index contributed by atoms with van der Waals surface area (Å²) in [6.07, 6.45) is 4.45. The molecule has 1 aromatic rings. The molecule has 0 aliphatic heterocycles. The van der Waals surface area contributed by atoms with E-state index in [2.05, 4.69) is 20.9 Å². The highest BCUT2D eigenvalue weighted by molar-refractivity contribution is 9.10. The molecule has 1 nitrogen and oxygen atoms in total. The second-order valence-corrected chi connectivity index (χ2v) is 4.20. The number of hydrogen-bond donors (Lipinski definition) is 0. The van der Waals surface area contributed by atoms with Crippen molar-refractivity contribution in [3.05, 3.63) is 27.7 Å². The van der Waals surface area contributed by atoms with Crippen molar-refractivity contribution in [2.75, 3.05) is 0 Å². The minimum atomic E-state index is -0.196. The smallest absolute Gasteiger partial charge is 0.145 e. The van der Waals surface area contributed by atoms with Crippen molar-refractivity contribution < 1.29 is 4.39 Å². The minimum absolute atomic E-state index is 0.196. The molecule has 70 valence electrons. The van der Waals surface area contributed by atoms with Crippen molar-refractivity contribution in [3.8, 4) is 0 Å². The van der Waals surface area contributed by atoms with Crippen LogP contribution in [0.1, 0.15) is 36.9 Å². The first-order chi connectivity index (χ1) is 6.24. The average molecular weight is 244 g/mol. The first kappa shape index (κ1) is 9.13. The van der Waals surface area contributed by atoms with E-state index in [-0.39, 0.29) is 5.82 Å². The van der Waals surface area contributed by atoms with Gasteiger partial charge in [0, 0.05) is 16.0 Å². The topological polar surface area (TPSA) is 12.9 Å². The van der Waals surface area contributed by atoms with Crippen LogP contribution in [0.3, 0.4) is 0 Å². The summed E-state index contributed by atoms with van der Waals surface area (Å²) < 4.78 is 14.1. The molecular formula is C10H11BrFN. The Bertz CT molecular complexity index is 334. The highest BCUT2D eigenvalue weighted by Crippen LogP contribution is 2.43. The first-order valence-electron chi connectivity index (χ1n) is 4.56. The third kappa shape index (κ3) is 1.62.